The van der Waals surface area contributed by atoms with E-state index in [1.165, 1.54) is 71.8 Å². The van der Waals surface area contributed by atoms with Crippen molar-refractivity contribution in [1.82, 2.24) is 0 Å². The van der Waals surface area contributed by atoms with Gasteiger partial charge in [-0.15, -0.1) is 12.8 Å². The van der Waals surface area contributed by atoms with E-state index in [-0.39, 0.29) is 51.0 Å². The first-order chi connectivity index (χ1) is 16.9. The van der Waals surface area contributed by atoms with Gasteiger partial charge < -0.3 is 24.8 Å². The normalized spacial score (nSPS) is 14.4. The van der Waals surface area contributed by atoms with Crippen LogP contribution in [-0.2, 0) is 26.2 Å². The van der Waals surface area contributed by atoms with E-state index in [1.807, 2.05) is 0 Å². The molecule has 4 aromatic carbocycles. The molecule has 0 bridgehead atoms. The summed E-state index contributed by atoms with van der Waals surface area (Å²) in [7, 11) is 1.32. The van der Waals surface area contributed by atoms with Crippen molar-refractivity contribution in [3.8, 4) is 0 Å². The maximum Gasteiger partial charge on any atom is 4.00 e. The third-order valence-electron chi connectivity index (χ3n) is 6.30. The third kappa shape index (κ3) is 8.01. The van der Waals surface area contributed by atoms with Crippen LogP contribution in [0.2, 0.25) is 12.1 Å². The summed E-state index contributed by atoms with van der Waals surface area (Å²) in [5, 5.41) is 5.25. The van der Waals surface area contributed by atoms with E-state index in [1.54, 1.807) is 0 Å². The second-order valence-electron chi connectivity index (χ2n) is 8.58. The molecule has 4 aromatic rings. The second kappa shape index (κ2) is 16.1. The Labute approximate surface area is 255 Å². The van der Waals surface area contributed by atoms with Gasteiger partial charge in [0, 0.05) is 9.52 Å². The maximum atomic E-state index is 3.22. The average molecular weight is 615 g/mol. The molecule has 7 rings (SSSR count). The molecule has 1 saturated heterocycles. The van der Waals surface area contributed by atoms with Gasteiger partial charge in [-0.2, -0.15) is 23.3 Å². The smallest absolute Gasteiger partial charge is 1.00 e. The summed E-state index contributed by atoms with van der Waals surface area (Å²) in [6.45, 7) is 0. The Morgan fingerprint density at radius 3 is 1.27 bits per heavy atom. The fourth-order valence-corrected chi connectivity index (χ4v) is 4.65. The molecule has 0 aromatic heterocycles. The van der Waals surface area contributed by atoms with E-state index in [0.717, 1.165) is 12.8 Å². The van der Waals surface area contributed by atoms with Crippen LogP contribution in [0.4, 0.5) is 0 Å². The van der Waals surface area contributed by atoms with Crippen molar-refractivity contribution < 1.29 is 51.0 Å². The Morgan fingerprint density at radius 2 is 0.919 bits per heavy atom. The molecule has 1 fully saturated rings. The minimum atomic E-state index is 0. The van der Waals surface area contributed by atoms with Crippen LogP contribution in [0.25, 0.3) is 32.7 Å². The minimum absolute atomic E-state index is 0. The Hall–Kier alpha value is -1.96. The van der Waals surface area contributed by atoms with Gasteiger partial charge in [0.05, 0.1) is 0 Å². The molecule has 3 aliphatic rings. The van der Waals surface area contributed by atoms with Crippen molar-refractivity contribution in [2.75, 3.05) is 0 Å². The predicted octanol–water partition coefficient (Wildman–Crippen LogP) is 2.91. The van der Waals surface area contributed by atoms with Crippen molar-refractivity contribution in [3.05, 3.63) is 133 Å². The number of hydrogen-bond donors (Lipinski definition) is 0. The van der Waals surface area contributed by atoms with Crippen LogP contribution in [0.3, 0.4) is 0 Å². The molecule has 0 nitrogen and oxygen atoms in total. The van der Waals surface area contributed by atoms with Gasteiger partial charge in [0.15, 0.2) is 0 Å². The summed E-state index contributed by atoms with van der Waals surface area (Å²) < 4.78 is 0. The number of fused-ring (bicyclic) bond motifs is 2. The van der Waals surface area contributed by atoms with Crippen LogP contribution in [-0.4, -0.2) is 9.52 Å². The number of hydrogen-bond acceptors (Lipinski definition) is 0. The Balaban J connectivity index is 0.000000211. The molecule has 0 spiro atoms. The van der Waals surface area contributed by atoms with Crippen LogP contribution in [0.5, 0.6) is 0 Å². The van der Waals surface area contributed by atoms with E-state index in [9.17, 15) is 0 Å². The molecular formula is C33H28Cl2SiZr. The summed E-state index contributed by atoms with van der Waals surface area (Å²) in [5.74, 6) is 0. The topological polar surface area (TPSA) is 0 Å². The summed E-state index contributed by atoms with van der Waals surface area (Å²) in [6, 6.07) is 33.0. The molecule has 1 aliphatic heterocycles. The quantitative estimate of drug-likeness (QED) is 0.241. The van der Waals surface area contributed by atoms with Gasteiger partial charge in [-0.3, -0.25) is 12.2 Å². The first-order valence-corrected chi connectivity index (χ1v) is 13.5. The molecular weight excluding hydrogens is 587 g/mol. The minimum Gasteiger partial charge on any atom is -1.00 e. The fourth-order valence-electron chi connectivity index (χ4n) is 4.30. The molecule has 182 valence electrons. The molecule has 0 unspecified atom stereocenters. The van der Waals surface area contributed by atoms with Gasteiger partial charge >= 0.3 is 26.2 Å². The molecule has 4 heteroatoms. The molecule has 0 atom stereocenters. The number of benzene rings is 4. The zero-order chi connectivity index (χ0) is 23.0. The van der Waals surface area contributed by atoms with Gasteiger partial charge in [-0.1, -0.05) is 115 Å². The standard InChI is InChI=1S/2C15H11.C3H6Si.2ClH.Zr/c2*1-2-7-12(6-1)15-11-5-9-13-8-3-4-10-14(13)15;1-2-4-3-1;;;/h2*3-11H,1H2;1-3H2;2*1H;/q2*-1;;;;+4/p-2. The zero-order valence-electron chi connectivity index (χ0n) is 20.7. The number of halogens is 2. The van der Waals surface area contributed by atoms with E-state index >= 15 is 0 Å². The van der Waals surface area contributed by atoms with Crippen molar-refractivity contribution in [3.63, 3.8) is 0 Å². The Bertz CT molecular complexity index is 1290. The van der Waals surface area contributed by atoms with Crippen molar-refractivity contribution >= 4 is 42.2 Å². The fraction of sp³-hybridized carbons (Fsp3) is 0.152. The molecule has 2 aliphatic carbocycles. The first-order valence-electron chi connectivity index (χ1n) is 12.1. The largest absolute Gasteiger partial charge is 4.00 e. The molecule has 1 heterocycles. The van der Waals surface area contributed by atoms with Crippen molar-refractivity contribution in [1.29, 1.82) is 0 Å². The Kier molecular flexibility index (Phi) is 13.6. The van der Waals surface area contributed by atoms with Crippen LogP contribution in [0.15, 0.2) is 109 Å². The summed E-state index contributed by atoms with van der Waals surface area (Å²) in [4.78, 5) is 0. The Morgan fingerprint density at radius 1 is 0.541 bits per heavy atom. The molecule has 0 saturated carbocycles. The van der Waals surface area contributed by atoms with E-state index in [2.05, 4.69) is 121 Å². The third-order valence-corrected chi connectivity index (χ3v) is 7.72. The van der Waals surface area contributed by atoms with E-state index in [0.29, 0.717) is 0 Å². The molecule has 37 heavy (non-hydrogen) atoms. The zero-order valence-corrected chi connectivity index (χ0v) is 25.7. The van der Waals surface area contributed by atoms with Crippen LogP contribution in [0.1, 0.15) is 30.4 Å². The van der Waals surface area contributed by atoms with Crippen LogP contribution < -0.4 is 24.8 Å². The molecule has 2 radical (unpaired) electrons. The van der Waals surface area contributed by atoms with E-state index < -0.39 is 0 Å². The predicted molar refractivity (Wildman–Crippen MR) is 149 cm³/mol. The molecule has 0 N–H and O–H groups in total. The van der Waals surface area contributed by atoms with Gasteiger partial charge in [0.2, 0.25) is 0 Å². The maximum absolute atomic E-state index is 3.22. The van der Waals surface area contributed by atoms with Crippen molar-refractivity contribution in [2.24, 2.45) is 0 Å². The number of rotatable bonds is 2. The first kappa shape index (κ1) is 31.3. The average Bonchev–Trinajstić information content (AvgIpc) is 3.58. The summed E-state index contributed by atoms with van der Waals surface area (Å²) in [5.41, 5.74) is 5.23. The van der Waals surface area contributed by atoms with Crippen LogP contribution in [0, 0.1) is 12.2 Å². The van der Waals surface area contributed by atoms with Crippen LogP contribution >= 0.6 is 0 Å². The summed E-state index contributed by atoms with van der Waals surface area (Å²) >= 11 is 0. The van der Waals surface area contributed by atoms with Gasteiger partial charge in [0.1, 0.15) is 0 Å². The molecule has 0 amide bonds. The second-order valence-corrected chi connectivity index (χ2v) is 10.1. The monoisotopic (exact) mass is 612 g/mol. The van der Waals surface area contributed by atoms with Gasteiger partial charge in [-0.25, -0.2) is 12.2 Å². The van der Waals surface area contributed by atoms with Gasteiger partial charge in [0.25, 0.3) is 0 Å². The summed E-state index contributed by atoms with van der Waals surface area (Å²) in [6.07, 6.45) is 18.5. The van der Waals surface area contributed by atoms with Gasteiger partial charge in [-0.05, 0) is 21.5 Å². The van der Waals surface area contributed by atoms with Crippen molar-refractivity contribution in [2.45, 2.75) is 31.4 Å². The number of allylic oxidation sites excluding steroid dienone is 8. The SMILES string of the molecule is C1C[Si]C1.[C-]1=CC(c2cccc3ccccc23)=CC1.[C-]1=CC(c2cccc3ccccc23)=CC1.[Cl-].[Cl-].[Zr+4]. The van der Waals surface area contributed by atoms with E-state index in [4.69, 9.17) is 0 Å².